The number of fused-ring (bicyclic) bond motifs is 1. The molecule has 28 heavy (non-hydrogen) atoms. The predicted octanol–water partition coefficient (Wildman–Crippen LogP) is 3.14. The molecule has 0 radical (unpaired) electrons. The minimum absolute atomic E-state index is 0.0381. The second-order valence-electron chi connectivity index (χ2n) is 7.84. The monoisotopic (exact) mass is 404 g/mol. The Bertz CT molecular complexity index is 854. The maximum absolute atomic E-state index is 13.0. The first-order chi connectivity index (χ1) is 13.2. The van der Waals surface area contributed by atoms with E-state index in [2.05, 4.69) is 29.0 Å². The van der Waals surface area contributed by atoms with Crippen LogP contribution in [-0.4, -0.2) is 51.3 Å². The third-order valence-corrected chi connectivity index (χ3v) is 5.40. The van der Waals surface area contributed by atoms with Crippen LogP contribution in [0, 0.1) is 0 Å². The summed E-state index contributed by atoms with van der Waals surface area (Å²) in [6.45, 7) is 13.7. The van der Waals surface area contributed by atoms with E-state index in [0.29, 0.717) is 22.6 Å². The number of aromatic nitrogens is 2. The number of nitrogens with zero attached hydrogens (tertiary/aromatic N) is 3. The highest BCUT2D eigenvalue weighted by atomic mass is 32.2. The van der Waals surface area contributed by atoms with Crippen LogP contribution in [0.3, 0.4) is 0 Å². The van der Waals surface area contributed by atoms with Crippen LogP contribution in [0.1, 0.15) is 41.0 Å². The van der Waals surface area contributed by atoms with E-state index in [0.717, 1.165) is 26.1 Å². The van der Waals surface area contributed by atoms with Crippen molar-refractivity contribution in [2.45, 2.75) is 58.3 Å². The number of rotatable bonds is 9. The van der Waals surface area contributed by atoms with Gasteiger partial charge in [0.15, 0.2) is 5.16 Å². The topological polar surface area (TPSA) is 67.2 Å². The molecule has 0 bridgehead atoms. The lowest BCUT2D eigenvalue weighted by molar-refractivity contribution is -0.119. The molecule has 154 valence electrons. The summed E-state index contributed by atoms with van der Waals surface area (Å²) >= 11 is 1.32. The zero-order valence-electron chi connectivity index (χ0n) is 17.6. The Morgan fingerprint density at radius 3 is 2.54 bits per heavy atom. The molecular weight excluding hydrogens is 372 g/mol. The molecule has 0 aliphatic carbocycles. The van der Waals surface area contributed by atoms with E-state index >= 15 is 0 Å². The molecule has 0 unspecified atom stereocenters. The van der Waals surface area contributed by atoms with E-state index in [1.54, 1.807) is 4.57 Å². The summed E-state index contributed by atoms with van der Waals surface area (Å²) in [6.07, 6.45) is 0.864. The fourth-order valence-electron chi connectivity index (χ4n) is 3.03. The van der Waals surface area contributed by atoms with Gasteiger partial charge in [-0.1, -0.05) is 37.7 Å². The number of thioether (sulfide) groups is 1. The Morgan fingerprint density at radius 2 is 1.89 bits per heavy atom. The largest absolute Gasteiger partial charge is 0.351 e. The van der Waals surface area contributed by atoms with Gasteiger partial charge in [0.25, 0.3) is 5.56 Å². The lowest BCUT2D eigenvalue weighted by Crippen LogP contribution is -2.41. The lowest BCUT2D eigenvalue weighted by Gasteiger charge is -2.21. The summed E-state index contributed by atoms with van der Waals surface area (Å²) < 4.78 is 1.72. The van der Waals surface area contributed by atoms with Gasteiger partial charge in [0.1, 0.15) is 0 Å². The summed E-state index contributed by atoms with van der Waals surface area (Å²) in [4.78, 5) is 32.3. The molecule has 2 aromatic rings. The fraction of sp³-hybridized carbons (Fsp3) is 0.571. The van der Waals surface area contributed by atoms with E-state index in [1.165, 1.54) is 11.8 Å². The summed E-state index contributed by atoms with van der Waals surface area (Å²) in [7, 11) is 0. The number of hydrogen-bond donors (Lipinski definition) is 1. The molecule has 0 saturated carbocycles. The third kappa shape index (κ3) is 6.34. The van der Waals surface area contributed by atoms with E-state index < -0.39 is 0 Å². The molecule has 1 amide bonds. The van der Waals surface area contributed by atoms with Crippen molar-refractivity contribution in [2.75, 3.05) is 25.4 Å². The maximum atomic E-state index is 13.0. The number of amides is 1. The van der Waals surface area contributed by atoms with Gasteiger partial charge in [-0.2, -0.15) is 0 Å². The van der Waals surface area contributed by atoms with Gasteiger partial charge in [0, 0.05) is 12.1 Å². The Labute approximate surface area is 171 Å². The highest BCUT2D eigenvalue weighted by Gasteiger charge is 2.16. The van der Waals surface area contributed by atoms with Crippen LogP contribution in [0.4, 0.5) is 0 Å². The number of para-hydroxylation sites is 1. The molecule has 6 nitrogen and oxygen atoms in total. The molecule has 0 saturated heterocycles. The Kier molecular flexibility index (Phi) is 8.07. The van der Waals surface area contributed by atoms with Crippen LogP contribution in [0.2, 0.25) is 0 Å². The van der Waals surface area contributed by atoms with Crippen LogP contribution in [0.25, 0.3) is 10.9 Å². The molecule has 1 heterocycles. The zero-order chi connectivity index (χ0) is 20.7. The second-order valence-corrected chi connectivity index (χ2v) is 8.78. The van der Waals surface area contributed by atoms with E-state index in [-0.39, 0.29) is 22.8 Å². The summed E-state index contributed by atoms with van der Waals surface area (Å²) in [6, 6.07) is 7.39. The molecule has 0 spiro atoms. The van der Waals surface area contributed by atoms with Gasteiger partial charge in [-0.25, -0.2) is 4.98 Å². The average Bonchev–Trinajstić information content (AvgIpc) is 2.64. The predicted molar refractivity (Wildman–Crippen MR) is 117 cm³/mol. The first-order valence-electron chi connectivity index (χ1n) is 9.91. The number of nitrogens with one attached hydrogen (secondary N) is 1. The van der Waals surface area contributed by atoms with E-state index in [4.69, 9.17) is 0 Å². The number of hydrogen-bond acceptors (Lipinski definition) is 5. The van der Waals surface area contributed by atoms with Crippen LogP contribution in [-0.2, 0) is 11.3 Å². The average molecular weight is 405 g/mol. The van der Waals surface area contributed by atoms with Gasteiger partial charge in [-0.05, 0) is 59.0 Å². The van der Waals surface area contributed by atoms with E-state index in [9.17, 15) is 9.59 Å². The summed E-state index contributed by atoms with van der Waals surface area (Å²) in [5.41, 5.74) is 0.354. The first kappa shape index (κ1) is 22.4. The quantitative estimate of drug-likeness (QED) is 0.514. The summed E-state index contributed by atoms with van der Waals surface area (Å²) in [5.74, 6) is 0.174. The minimum atomic E-state index is -0.280. The Morgan fingerprint density at radius 1 is 1.21 bits per heavy atom. The Balaban J connectivity index is 2.23. The standard InChI is InChI=1S/C21H32N4O2S/c1-6-24(7-2)13-10-14-25-19(27)16-11-8-9-12-17(16)22-20(25)28-15-18(26)23-21(3,4)5/h8-9,11-12H,6-7,10,13-15H2,1-5H3,(H,23,26). The van der Waals surface area contributed by atoms with Crippen molar-refractivity contribution in [1.29, 1.82) is 0 Å². The van der Waals surface area contributed by atoms with Crippen LogP contribution >= 0.6 is 11.8 Å². The summed E-state index contributed by atoms with van der Waals surface area (Å²) in [5, 5.41) is 4.18. The lowest BCUT2D eigenvalue weighted by atomic mass is 10.1. The van der Waals surface area contributed by atoms with Crippen molar-refractivity contribution >= 4 is 28.6 Å². The van der Waals surface area contributed by atoms with E-state index in [1.807, 2.05) is 45.0 Å². The van der Waals surface area contributed by atoms with Crippen molar-refractivity contribution in [3.8, 4) is 0 Å². The molecule has 7 heteroatoms. The normalized spacial score (nSPS) is 11.9. The van der Waals surface area contributed by atoms with Gasteiger partial charge in [-0.15, -0.1) is 0 Å². The molecule has 0 aliphatic heterocycles. The van der Waals surface area contributed by atoms with Gasteiger partial charge >= 0.3 is 0 Å². The Hall–Kier alpha value is -1.86. The van der Waals surface area contributed by atoms with Crippen molar-refractivity contribution < 1.29 is 4.79 Å². The fourth-order valence-corrected chi connectivity index (χ4v) is 3.86. The number of carbonyl (C=O) groups excluding carboxylic acids is 1. The number of benzene rings is 1. The highest BCUT2D eigenvalue weighted by molar-refractivity contribution is 7.99. The second kappa shape index (κ2) is 10.1. The minimum Gasteiger partial charge on any atom is -0.351 e. The van der Waals surface area contributed by atoms with Gasteiger partial charge in [0.05, 0.1) is 16.7 Å². The first-order valence-corrected chi connectivity index (χ1v) is 10.9. The van der Waals surface area contributed by atoms with Crippen molar-refractivity contribution in [1.82, 2.24) is 19.8 Å². The van der Waals surface area contributed by atoms with Gasteiger partial charge in [-0.3, -0.25) is 14.2 Å². The highest BCUT2D eigenvalue weighted by Crippen LogP contribution is 2.18. The molecule has 0 aliphatic rings. The van der Waals surface area contributed by atoms with Gasteiger partial charge in [0.2, 0.25) is 5.91 Å². The molecule has 1 aromatic heterocycles. The van der Waals surface area contributed by atoms with Crippen LogP contribution in [0.15, 0.2) is 34.2 Å². The molecule has 0 atom stereocenters. The number of carbonyl (C=O) groups is 1. The smallest absolute Gasteiger partial charge is 0.262 e. The molecule has 1 aromatic carbocycles. The van der Waals surface area contributed by atoms with Crippen molar-refractivity contribution in [3.63, 3.8) is 0 Å². The molecule has 1 N–H and O–H groups in total. The van der Waals surface area contributed by atoms with Crippen molar-refractivity contribution in [2.24, 2.45) is 0 Å². The third-order valence-electron chi connectivity index (χ3n) is 4.42. The van der Waals surface area contributed by atoms with Gasteiger partial charge < -0.3 is 10.2 Å². The SMILES string of the molecule is CCN(CC)CCCn1c(SCC(=O)NC(C)(C)C)nc2ccccc2c1=O. The van der Waals surface area contributed by atoms with Crippen molar-refractivity contribution in [3.05, 3.63) is 34.6 Å². The molecule has 2 rings (SSSR count). The maximum Gasteiger partial charge on any atom is 0.262 e. The molecular formula is C21H32N4O2S. The zero-order valence-corrected chi connectivity index (χ0v) is 18.4. The molecule has 0 fully saturated rings. The van der Waals surface area contributed by atoms with Crippen LogP contribution in [0.5, 0.6) is 0 Å². The van der Waals surface area contributed by atoms with Crippen LogP contribution < -0.4 is 10.9 Å².